The van der Waals surface area contributed by atoms with E-state index in [0.717, 1.165) is 22.2 Å². The highest BCUT2D eigenvalue weighted by Gasteiger charge is 2.06. The highest BCUT2D eigenvalue weighted by atomic mass is 35.5. The summed E-state index contributed by atoms with van der Waals surface area (Å²) in [6, 6.07) is 13.1. The van der Waals surface area contributed by atoms with Crippen molar-refractivity contribution in [1.82, 2.24) is 4.98 Å². The Morgan fingerprint density at radius 2 is 1.81 bits per heavy atom. The number of benzene rings is 2. The van der Waals surface area contributed by atoms with E-state index in [1.54, 1.807) is 12.3 Å². The maximum absolute atomic E-state index is 6.18. The molecule has 0 radical (unpaired) electrons. The molecular formula is C16H11Cl3N2. The molecule has 0 unspecified atom stereocenters. The summed E-state index contributed by atoms with van der Waals surface area (Å²) in [4.78, 5) is 4.31. The van der Waals surface area contributed by atoms with Crippen LogP contribution in [-0.4, -0.2) is 4.98 Å². The van der Waals surface area contributed by atoms with E-state index in [-0.39, 0.29) is 0 Å². The third kappa shape index (κ3) is 3.08. The van der Waals surface area contributed by atoms with Crippen LogP contribution in [0.1, 0.15) is 5.56 Å². The van der Waals surface area contributed by atoms with E-state index in [0.29, 0.717) is 21.6 Å². The predicted octanol–water partition coefficient (Wildman–Crippen LogP) is 5.81. The number of anilines is 1. The Hall–Kier alpha value is -1.48. The van der Waals surface area contributed by atoms with Crippen LogP contribution >= 0.6 is 34.8 Å². The molecule has 0 saturated heterocycles. The largest absolute Gasteiger partial charge is 0.380 e. The molecule has 21 heavy (non-hydrogen) atoms. The van der Waals surface area contributed by atoms with Crippen molar-refractivity contribution >= 4 is 51.4 Å². The SMILES string of the molecule is Clc1ccc(CNc2ccc(Cl)c3ncccc23)c(Cl)c1. The molecule has 3 rings (SSSR count). The first kappa shape index (κ1) is 14.5. The molecule has 0 saturated carbocycles. The van der Waals surface area contributed by atoms with E-state index >= 15 is 0 Å². The molecule has 0 fully saturated rings. The van der Waals surface area contributed by atoms with Crippen LogP contribution in [0.25, 0.3) is 10.9 Å². The molecule has 3 aromatic rings. The number of halogens is 3. The van der Waals surface area contributed by atoms with Gasteiger partial charge in [-0.1, -0.05) is 40.9 Å². The Morgan fingerprint density at radius 3 is 2.62 bits per heavy atom. The molecule has 0 spiro atoms. The molecule has 2 nitrogen and oxygen atoms in total. The topological polar surface area (TPSA) is 24.9 Å². The Kier molecular flexibility index (Phi) is 4.20. The number of nitrogens with zero attached hydrogens (tertiary/aromatic N) is 1. The van der Waals surface area contributed by atoms with Gasteiger partial charge in [0.15, 0.2) is 0 Å². The second kappa shape index (κ2) is 6.10. The zero-order valence-electron chi connectivity index (χ0n) is 10.9. The second-order valence-corrected chi connectivity index (χ2v) is 5.83. The summed E-state index contributed by atoms with van der Waals surface area (Å²) in [6.45, 7) is 0.599. The zero-order chi connectivity index (χ0) is 14.8. The summed E-state index contributed by atoms with van der Waals surface area (Å²) in [5.41, 5.74) is 2.73. The van der Waals surface area contributed by atoms with Crippen molar-refractivity contribution in [3.05, 3.63) is 69.3 Å². The molecule has 106 valence electrons. The van der Waals surface area contributed by atoms with Gasteiger partial charge in [0.1, 0.15) is 0 Å². The number of rotatable bonds is 3. The molecule has 1 aromatic heterocycles. The van der Waals surface area contributed by atoms with Crippen molar-refractivity contribution in [3.8, 4) is 0 Å². The number of aromatic nitrogens is 1. The summed E-state index contributed by atoms with van der Waals surface area (Å²) in [5, 5.41) is 6.26. The molecule has 1 heterocycles. The van der Waals surface area contributed by atoms with Crippen LogP contribution in [0.3, 0.4) is 0 Å². The van der Waals surface area contributed by atoms with E-state index in [9.17, 15) is 0 Å². The molecule has 0 bridgehead atoms. The summed E-state index contributed by atoms with van der Waals surface area (Å²) in [7, 11) is 0. The lowest BCUT2D eigenvalue weighted by Crippen LogP contribution is -2.01. The lowest BCUT2D eigenvalue weighted by atomic mass is 10.1. The Bertz CT molecular complexity index is 803. The first-order chi connectivity index (χ1) is 10.1. The third-order valence-corrected chi connectivity index (χ3v) is 4.10. The molecular weight excluding hydrogens is 327 g/mol. The average Bonchev–Trinajstić information content (AvgIpc) is 2.48. The van der Waals surface area contributed by atoms with Crippen LogP contribution in [0.4, 0.5) is 5.69 Å². The van der Waals surface area contributed by atoms with E-state index in [1.165, 1.54) is 0 Å². The third-order valence-electron chi connectivity index (χ3n) is 3.20. The standard InChI is InChI=1S/C16H11Cl3N2/c17-11-4-3-10(14(19)8-11)9-21-15-6-5-13(18)16-12(15)2-1-7-20-16/h1-8,21H,9H2. The van der Waals surface area contributed by atoms with Crippen molar-refractivity contribution in [1.29, 1.82) is 0 Å². The van der Waals surface area contributed by atoms with Crippen LogP contribution in [0.5, 0.6) is 0 Å². The van der Waals surface area contributed by atoms with E-state index < -0.39 is 0 Å². The molecule has 0 aliphatic carbocycles. The van der Waals surface area contributed by atoms with E-state index in [2.05, 4.69) is 10.3 Å². The minimum atomic E-state index is 0.599. The summed E-state index contributed by atoms with van der Waals surface area (Å²) in [6.07, 6.45) is 1.73. The van der Waals surface area contributed by atoms with Gasteiger partial charge in [-0.05, 0) is 42.0 Å². The van der Waals surface area contributed by atoms with Crippen molar-refractivity contribution < 1.29 is 0 Å². The van der Waals surface area contributed by atoms with Gasteiger partial charge in [0.25, 0.3) is 0 Å². The molecule has 0 aliphatic rings. The Morgan fingerprint density at radius 1 is 0.952 bits per heavy atom. The van der Waals surface area contributed by atoms with Crippen LogP contribution in [0.2, 0.25) is 15.1 Å². The fraction of sp³-hybridized carbons (Fsp3) is 0.0625. The smallest absolute Gasteiger partial charge is 0.0908 e. The van der Waals surface area contributed by atoms with Crippen molar-refractivity contribution in [2.75, 3.05) is 5.32 Å². The van der Waals surface area contributed by atoms with Gasteiger partial charge in [0, 0.05) is 33.9 Å². The van der Waals surface area contributed by atoms with Gasteiger partial charge in [-0.2, -0.15) is 0 Å². The van der Waals surface area contributed by atoms with Gasteiger partial charge in [0.2, 0.25) is 0 Å². The number of fused-ring (bicyclic) bond motifs is 1. The monoisotopic (exact) mass is 336 g/mol. The highest BCUT2D eigenvalue weighted by molar-refractivity contribution is 6.35. The molecule has 2 aromatic carbocycles. The van der Waals surface area contributed by atoms with Crippen molar-refractivity contribution in [2.45, 2.75) is 6.54 Å². The molecule has 5 heteroatoms. The lowest BCUT2D eigenvalue weighted by Gasteiger charge is -2.11. The molecule has 0 amide bonds. The quantitative estimate of drug-likeness (QED) is 0.652. The van der Waals surface area contributed by atoms with Crippen molar-refractivity contribution in [2.24, 2.45) is 0 Å². The Labute approximate surface area is 137 Å². The maximum atomic E-state index is 6.18. The first-order valence-electron chi connectivity index (χ1n) is 6.36. The van der Waals surface area contributed by atoms with E-state index in [1.807, 2.05) is 36.4 Å². The van der Waals surface area contributed by atoms with E-state index in [4.69, 9.17) is 34.8 Å². The lowest BCUT2D eigenvalue weighted by molar-refractivity contribution is 1.15. The fourth-order valence-corrected chi connectivity index (χ4v) is 2.84. The maximum Gasteiger partial charge on any atom is 0.0908 e. The number of hydrogen-bond acceptors (Lipinski definition) is 2. The van der Waals surface area contributed by atoms with Gasteiger partial charge in [-0.25, -0.2) is 0 Å². The van der Waals surface area contributed by atoms with Gasteiger partial charge in [-0.15, -0.1) is 0 Å². The molecule has 0 atom stereocenters. The molecule has 1 N–H and O–H groups in total. The number of hydrogen-bond donors (Lipinski definition) is 1. The van der Waals surface area contributed by atoms with Gasteiger partial charge < -0.3 is 5.32 Å². The van der Waals surface area contributed by atoms with Gasteiger partial charge >= 0.3 is 0 Å². The molecule has 0 aliphatic heterocycles. The van der Waals surface area contributed by atoms with Crippen molar-refractivity contribution in [3.63, 3.8) is 0 Å². The normalized spacial score (nSPS) is 10.8. The predicted molar refractivity (Wildman–Crippen MR) is 90.5 cm³/mol. The van der Waals surface area contributed by atoms with Gasteiger partial charge in [0.05, 0.1) is 10.5 Å². The highest BCUT2D eigenvalue weighted by Crippen LogP contribution is 2.29. The summed E-state index contributed by atoms with van der Waals surface area (Å²) in [5.74, 6) is 0. The number of pyridine rings is 1. The minimum Gasteiger partial charge on any atom is -0.380 e. The van der Waals surface area contributed by atoms with Crippen LogP contribution in [0, 0.1) is 0 Å². The Balaban J connectivity index is 1.90. The zero-order valence-corrected chi connectivity index (χ0v) is 13.2. The minimum absolute atomic E-state index is 0.599. The van der Waals surface area contributed by atoms with Gasteiger partial charge in [-0.3, -0.25) is 4.98 Å². The second-order valence-electron chi connectivity index (χ2n) is 4.58. The van der Waals surface area contributed by atoms with Crippen LogP contribution in [0.15, 0.2) is 48.7 Å². The first-order valence-corrected chi connectivity index (χ1v) is 7.49. The summed E-state index contributed by atoms with van der Waals surface area (Å²) < 4.78 is 0. The van der Waals surface area contributed by atoms with Crippen LogP contribution in [-0.2, 0) is 6.54 Å². The van der Waals surface area contributed by atoms with Crippen LogP contribution < -0.4 is 5.32 Å². The summed E-state index contributed by atoms with van der Waals surface area (Å²) >= 11 is 18.2. The average molecular weight is 338 g/mol. The number of nitrogens with one attached hydrogen (secondary N) is 1. The fourth-order valence-electron chi connectivity index (χ4n) is 2.15.